The Morgan fingerprint density at radius 2 is 1.70 bits per heavy atom. The van der Waals surface area contributed by atoms with E-state index < -0.39 is 0 Å². The van der Waals surface area contributed by atoms with Gasteiger partial charge in [-0.2, -0.15) is 5.10 Å². The number of nitrogens with one attached hydrogen (secondary N) is 1. The van der Waals surface area contributed by atoms with E-state index in [2.05, 4.69) is 64.4 Å². The molecule has 6 nitrogen and oxygen atoms in total. The zero-order valence-corrected chi connectivity index (χ0v) is 18.2. The molecule has 0 radical (unpaired) electrons. The Hall–Kier alpha value is -2.73. The van der Waals surface area contributed by atoms with Crippen molar-refractivity contribution in [2.24, 2.45) is 0 Å². The number of anilines is 1. The van der Waals surface area contributed by atoms with Crippen LogP contribution in [0.25, 0.3) is 5.82 Å². The monoisotopic (exact) mass is 403 g/mol. The maximum atomic E-state index is 4.82. The van der Waals surface area contributed by atoms with E-state index in [1.807, 2.05) is 18.5 Å². The van der Waals surface area contributed by atoms with Crippen LogP contribution in [0.2, 0.25) is 0 Å². The Morgan fingerprint density at radius 1 is 0.933 bits per heavy atom. The number of aryl methyl sites for hydroxylation is 3. The van der Waals surface area contributed by atoms with Gasteiger partial charge in [0.2, 0.25) is 0 Å². The molecule has 3 atom stereocenters. The highest BCUT2D eigenvalue weighted by atomic mass is 15.3. The number of aromatic nitrogens is 4. The fourth-order valence-corrected chi connectivity index (χ4v) is 5.31. The zero-order valence-electron chi connectivity index (χ0n) is 18.2. The third-order valence-corrected chi connectivity index (χ3v) is 6.71. The summed E-state index contributed by atoms with van der Waals surface area (Å²) in [6, 6.07) is 16.6. The van der Waals surface area contributed by atoms with Crippen LogP contribution in [0.15, 0.2) is 42.5 Å². The van der Waals surface area contributed by atoms with Crippen LogP contribution in [-0.4, -0.2) is 44.9 Å². The first-order valence-corrected chi connectivity index (χ1v) is 11.1. The minimum absolute atomic E-state index is 0.658. The molecule has 1 N–H and O–H groups in total. The Morgan fingerprint density at radius 3 is 2.47 bits per heavy atom. The molecule has 2 aliphatic heterocycles. The third kappa shape index (κ3) is 3.72. The summed E-state index contributed by atoms with van der Waals surface area (Å²) in [5.74, 6) is 2.71. The van der Waals surface area contributed by atoms with Crippen molar-refractivity contribution in [1.82, 2.24) is 19.7 Å². The van der Waals surface area contributed by atoms with E-state index in [1.54, 1.807) is 4.90 Å². The molecule has 2 fully saturated rings. The number of benzene rings is 1. The van der Waals surface area contributed by atoms with Crippen molar-refractivity contribution in [3.8, 4) is 5.82 Å². The van der Waals surface area contributed by atoms with E-state index in [-0.39, 0.29) is 0 Å². The Bertz CT molecular complexity index is 1030. The molecule has 5 rings (SSSR count). The fraction of sp³-hybridized carbons (Fsp3) is 0.458. The lowest BCUT2D eigenvalue weighted by molar-refractivity contribution is -0.946. The predicted octanol–water partition coefficient (Wildman–Crippen LogP) is 2.41. The van der Waals surface area contributed by atoms with E-state index in [0.717, 1.165) is 54.5 Å². The Labute approximate surface area is 178 Å². The van der Waals surface area contributed by atoms with E-state index >= 15 is 0 Å². The largest absolute Gasteiger partial charge is 0.350 e. The lowest BCUT2D eigenvalue weighted by Crippen LogP contribution is -3.16. The van der Waals surface area contributed by atoms with E-state index in [9.17, 15) is 0 Å². The molecule has 1 aromatic carbocycles. The highest BCUT2D eigenvalue weighted by Crippen LogP contribution is 2.23. The molecule has 2 aliphatic rings. The number of hydrogen-bond acceptors (Lipinski definition) is 4. The molecule has 4 heterocycles. The molecular weight excluding hydrogens is 372 g/mol. The van der Waals surface area contributed by atoms with Gasteiger partial charge >= 0.3 is 0 Å². The van der Waals surface area contributed by atoms with Crippen molar-refractivity contribution in [1.29, 1.82) is 0 Å². The van der Waals surface area contributed by atoms with Crippen LogP contribution in [0.1, 0.15) is 42.0 Å². The molecule has 3 aromatic rings. The highest BCUT2D eigenvalue weighted by molar-refractivity contribution is 5.45. The molecule has 0 saturated carbocycles. The number of nitrogens with zero attached hydrogens (tertiary/aromatic N) is 5. The van der Waals surface area contributed by atoms with Gasteiger partial charge in [-0.1, -0.05) is 30.3 Å². The Balaban J connectivity index is 1.40. The predicted molar refractivity (Wildman–Crippen MR) is 118 cm³/mol. The zero-order chi connectivity index (χ0) is 20.7. The molecule has 2 aromatic heterocycles. The molecule has 1 unspecified atom stereocenters. The van der Waals surface area contributed by atoms with Crippen LogP contribution in [0, 0.1) is 20.8 Å². The van der Waals surface area contributed by atoms with Crippen molar-refractivity contribution in [3.05, 3.63) is 65.2 Å². The van der Waals surface area contributed by atoms with Gasteiger partial charge in [-0.3, -0.25) is 0 Å². The smallest absolute Gasteiger partial charge is 0.159 e. The standard InChI is InChI=1S/C24H30N6/c1-17-13-18(2)30(27-17)24-14-23(25-19(3)26-24)28-12-11-21-9-10-22(16-28)29(21)15-20-7-5-4-6-8-20/h4-8,13-14,21-22H,9-12,15-16H2,1-3H3/p+1/t21-,22+/m1/s1. The van der Waals surface area contributed by atoms with Gasteiger partial charge in [0.15, 0.2) is 5.82 Å². The fourth-order valence-electron chi connectivity index (χ4n) is 5.31. The summed E-state index contributed by atoms with van der Waals surface area (Å²) in [5, 5.41) is 4.63. The van der Waals surface area contributed by atoms with Crippen molar-refractivity contribution in [3.63, 3.8) is 0 Å². The summed E-state index contributed by atoms with van der Waals surface area (Å²) in [6.07, 6.45) is 3.87. The average Bonchev–Trinajstić information content (AvgIpc) is 3.19. The van der Waals surface area contributed by atoms with Crippen molar-refractivity contribution in [2.75, 3.05) is 18.0 Å². The second-order valence-electron chi connectivity index (χ2n) is 8.91. The van der Waals surface area contributed by atoms with Gasteiger partial charge in [0.05, 0.1) is 18.3 Å². The molecule has 2 bridgehead atoms. The van der Waals surface area contributed by atoms with E-state index in [1.165, 1.54) is 24.8 Å². The van der Waals surface area contributed by atoms with Gasteiger partial charge in [-0.05, 0) is 26.8 Å². The normalized spacial score (nSPS) is 23.6. The minimum atomic E-state index is 0.658. The van der Waals surface area contributed by atoms with Crippen LogP contribution in [0.4, 0.5) is 5.82 Å². The lowest BCUT2D eigenvalue weighted by atomic mass is 10.1. The summed E-state index contributed by atoms with van der Waals surface area (Å²) >= 11 is 0. The Kier molecular flexibility index (Phi) is 5.03. The second-order valence-corrected chi connectivity index (χ2v) is 8.91. The summed E-state index contributed by atoms with van der Waals surface area (Å²) < 4.78 is 1.93. The maximum Gasteiger partial charge on any atom is 0.159 e. The molecule has 30 heavy (non-hydrogen) atoms. The lowest BCUT2D eigenvalue weighted by Gasteiger charge is -2.27. The van der Waals surface area contributed by atoms with Gasteiger partial charge < -0.3 is 9.80 Å². The van der Waals surface area contributed by atoms with Crippen molar-refractivity contribution < 1.29 is 4.90 Å². The first kappa shape index (κ1) is 19.2. The number of hydrogen-bond donors (Lipinski definition) is 1. The van der Waals surface area contributed by atoms with Crippen LogP contribution < -0.4 is 9.80 Å². The summed E-state index contributed by atoms with van der Waals surface area (Å²) in [7, 11) is 0. The first-order valence-electron chi connectivity index (χ1n) is 11.1. The molecular formula is C24H31N6+. The molecule has 0 aliphatic carbocycles. The van der Waals surface area contributed by atoms with Gasteiger partial charge in [0.1, 0.15) is 24.2 Å². The van der Waals surface area contributed by atoms with Gasteiger partial charge in [0, 0.05) is 43.1 Å². The van der Waals surface area contributed by atoms with Crippen LogP contribution in [0.3, 0.4) is 0 Å². The quantitative estimate of drug-likeness (QED) is 0.727. The van der Waals surface area contributed by atoms with Gasteiger partial charge in [-0.15, -0.1) is 0 Å². The maximum absolute atomic E-state index is 4.82. The summed E-state index contributed by atoms with van der Waals surface area (Å²) in [4.78, 5) is 13.7. The highest BCUT2D eigenvalue weighted by Gasteiger charge is 2.41. The average molecular weight is 404 g/mol. The number of rotatable bonds is 4. The third-order valence-electron chi connectivity index (χ3n) is 6.71. The van der Waals surface area contributed by atoms with E-state index in [0.29, 0.717) is 6.04 Å². The van der Waals surface area contributed by atoms with Crippen molar-refractivity contribution >= 4 is 5.82 Å². The van der Waals surface area contributed by atoms with E-state index in [4.69, 9.17) is 4.98 Å². The van der Waals surface area contributed by atoms with Crippen LogP contribution in [0.5, 0.6) is 0 Å². The molecule has 2 saturated heterocycles. The van der Waals surface area contributed by atoms with Gasteiger partial charge in [-0.25, -0.2) is 14.6 Å². The first-order chi connectivity index (χ1) is 14.6. The second kappa shape index (κ2) is 7.84. The molecule has 0 spiro atoms. The SMILES string of the molecule is Cc1cc(C)n(-c2cc(N3CC[C@H]4CC[C@@H](C3)[NH+]4Cc3ccccc3)nc(C)n2)n1. The minimum Gasteiger partial charge on any atom is -0.350 e. The summed E-state index contributed by atoms with van der Waals surface area (Å²) in [6.45, 7) is 9.33. The molecule has 156 valence electrons. The molecule has 0 amide bonds. The molecule has 6 heteroatoms. The summed E-state index contributed by atoms with van der Waals surface area (Å²) in [5.41, 5.74) is 3.56. The van der Waals surface area contributed by atoms with Gasteiger partial charge in [0.25, 0.3) is 0 Å². The van der Waals surface area contributed by atoms with Crippen LogP contribution in [-0.2, 0) is 6.54 Å². The van der Waals surface area contributed by atoms with Crippen LogP contribution >= 0.6 is 0 Å². The number of fused-ring (bicyclic) bond motifs is 2. The van der Waals surface area contributed by atoms with Crippen molar-refractivity contribution in [2.45, 2.75) is 58.7 Å². The topological polar surface area (TPSA) is 51.3 Å². The number of quaternary nitrogens is 1.